The lowest BCUT2D eigenvalue weighted by Gasteiger charge is -2.36. The predicted molar refractivity (Wildman–Crippen MR) is 70.6 cm³/mol. The molecule has 0 amide bonds. The van der Waals surface area contributed by atoms with Crippen LogP contribution in [0.5, 0.6) is 0 Å². The first kappa shape index (κ1) is 13.2. The van der Waals surface area contributed by atoms with E-state index in [-0.39, 0.29) is 5.04 Å². The molecular weight excluding hydrogens is 216 g/mol. The van der Waals surface area contributed by atoms with E-state index in [9.17, 15) is 0 Å². The Hall–Kier alpha value is -0.873. The summed E-state index contributed by atoms with van der Waals surface area (Å²) in [6.45, 7) is 11.7. The van der Waals surface area contributed by atoms with Crippen molar-refractivity contribution in [2.45, 2.75) is 45.5 Å². The third-order valence-electron chi connectivity index (χ3n) is 3.23. The highest BCUT2D eigenvalue weighted by Gasteiger charge is 2.37. The molecule has 90 valence electrons. The van der Waals surface area contributed by atoms with Gasteiger partial charge in [0, 0.05) is 11.9 Å². The highest BCUT2D eigenvalue weighted by atomic mass is 28.4. The van der Waals surface area contributed by atoms with Gasteiger partial charge in [-0.25, -0.2) is 0 Å². The van der Waals surface area contributed by atoms with Gasteiger partial charge in [0.1, 0.15) is 0 Å². The molecule has 0 aliphatic rings. The molecule has 1 aromatic rings. The average molecular weight is 238 g/mol. The number of pyridine rings is 1. The SMILES string of the molecule is CC(C)(C)[Si](C)(C)OCc1cc(N)ccn1. The van der Waals surface area contributed by atoms with Crippen LogP contribution in [0, 0.1) is 0 Å². The number of hydrogen-bond donors (Lipinski definition) is 1. The molecule has 4 heteroatoms. The van der Waals surface area contributed by atoms with Crippen molar-refractivity contribution in [3.8, 4) is 0 Å². The zero-order valence-corrected chi connectivity index (χ0v) is 11.9. The molecule has 3 nitrogen and oxygen atoms in total. The van der Waals surface area contributed by atoms with Crippen molar-refractivity contribution in [3.63, 3.8) is 0 Å². The number of anilines is 1. The summed E-state index contributed by atoms with van der Waals surface area (Å²) in [5.74, 6) is 0. The van der Waals surface area contributed by atoms with Crippen molar-refractivity contribution in [1.82, 2.24) is 4.98 Å². The van der Waals surface area contributed by atoms with E-state index in [1.807, 2.05) is 6.07 Å². The van der Waals surface area contributed by atoms with E-state index < -0.39 is 8.32 Å². The fraction of sp³-hybridized carbons (Fsp3) is 0.583. The van der Waals surface area contributed by atoms with E-state index in [4.69, 9.17) is 10.2 Å². The van der Waals surface area contributed by atoms with Crippen molar-refractivity contribution in [2.75, 3.05) is 5.73 Å². The van der Waals surface area contributed by atoms with Crippen molar-refractivity contribution >= 4 is 14.0 Å². The van der Waals surface area contributed by atoms with Gasteiger partial charge in [-0.3, -0.25) is 4.98 Å². The van der Waals surface area contributed by atoms with Crippen LogP contribution in [0.3, 0.4) is 0 Å². The average Bonchev–Trinajstić information content (AvgIpc) is 2.13. The summed E-state index contributed by atoms with van der Waals surface area (Å²) >= 11 is 0. The van der Waals surface area contributed by atoms with Gasteiger partial charge in [0.05, 0.1) is 12.3 Å². The molecule has 0 aliphatic heterocycles. The number of nitrogen functional groups attached to an aromatic ring is 1. The Morgan fingerprint density at radius 3 is 2.50 bits per heavy atom. The summed E-state index contributed by atoms with van der Waals surface area (Å²) in [6, 6.07) is 3.66. The van der Waals surface area contributed by atoms with Gasteiger partial charge < -0.3 is 10.2 Å². The maximum absolute atomic E-state index is 6.06. The van der Waals surface area contributed by atoms with Gasteiger partial charge in [0.2, 0.25) is 0 Å². The minimum absolute atomic E-state index is 0.229. The van der Waals surface area contributed by atoms with E-state index in [1.165, 1.54) is 0 Å². The Morgan fingerprint density at radius 1 is 1.38 bits per heavy atom. The van der Waals surface area contributed by atoms with Crippen LogP contribution in [0.25, 0.3) is 0 Å². The number of hydrogen-bond acceptors (Lipinski definition) is 3. The zero-order chi connectivity index (χ0) is 12.4. The van der Waals surface area contributed by atoms with Crippen LogP contribution in [0.2, 0.25) is 18.1 Å². The third-order valence-corrected chi connectivity index (χ3v) is 7.71. The van der Waals surface area contributed by atoms with Crippen LogP contribution in [0.15, 0.2) is 18.3 Å². The molecule has 2 N–H and O–H groups in total. The molecule has 0 fully saturated rings. The number of nitrogens with two attached hydrogens (primary N) is 1. The minimum atomic E-state index is -1.69. The maximum Gasteiger partial charge on any atom is 0.192 e. The lowest BCUT2D eigenvalue weighted by atomic mass is 10.2. The van der Waals surface area contributed by atoms with E-state index in [0.717, 1.165) is 11.4 Å². The summed E-state index contributed by atoms with van der Waals surface area (Å²) < 4.78 is 6.06. The van der Waals surface area contributed by atoms with Gasteiger partial charge in [-0.1, -0.05) is 20.8 Å². The maximum atomic E-state index is 6.06. The Kier molecular flexibility index (Phi) is 3.75. The first-order valence-electron chi connectivity index (χ1n) is 5.57. The molecule has 0 spiro atoms. The van der Waals surface area contributed by atoms with E-state index in [2.05, 4.69) is 38.8 Å². The fourth-order valence-electron chi connectivity index (χ4n) is 1.05. The molecule has 0 bridgehead atoms. The Balaban J connectivity index is 2.65. The van der Waals surface area contributed by atoms with Crippen molar-refractivity contribution in [2.24, 2.45) is 0 Å². The normalized spacial score (nSPS) is 12.8. The van der Waals surface area contributed by atoms with Gasteiger partial charge >= 0.3 is 0 Å². The van der Waals surface area contributed by atoms with Crippen molar-refractivity contribution in [3.05, 3.63) is 24.0 Å². The fourth-order valence-corrected chi connectivity index (χ4v) is 1.99. The number of nitrogens with zero attached hydrogens (tertiary/aromatic N) is 1. The van der Waals surface area contributed by atoms with Gasteiger partial charge in [0.15, 0.2) is 8.32 Å². The molecule has 0 radical (unpaired) electrons. The first-order chi connectivity index (χ1) is 7.22. The summed E-state index contributed by atoms with van der Waals surface area (Å²) in [6.07, 6.45) is 1.72. The summed E-state index contributed by atoms with van der Waals surface area (Å²) in [5.41, 5.74) is 7.35. The summed E-state index contributed by atoms with van der Waals surface area (Å²) in [7, 11) is -1.69. The molecule has 1 heterocycles. The molecule has 0 saturated carbocycles. The number of aromatic nitrogens is 1. The molecule has 1 aromatic heterocycles. The topological polar surface area (TPSA) is 48.1 Å². The summed E-state index contributed by atoms with van der Waals surface area (Å²) in [5, 5.41) is 0.229. The highest BCUT2D eigenvalue weighted by Crippen LogP contribution is 2.36. The van der Waals surface area contributed by atoms with Gasteiger partial charge in [-0.2, -0.15) is 0 Å². The molecule has 0 unspecified atom stereocenters. The van der Waals surface area contributed by atoms with Gasteiger partial charge in [-0.15, -0.1) is 0 Å². The zero-order valence-electron chi connectivity index (χ0n) is 10.9. The van der Waals surface area contributed by atoms with E-state index in [1.54, 1.807) is 12.3 Å². The minimum Gasteiger partial charge on any atom is -0.411 e. The van der Waals surface area contributed by atoms with E-state index >= 15 is 0 Å². The van der Waals surface area contributed by atoms with Crippen molar-refractivity contribution < 1.29 is 4.43 Å². The van der Waals surface area contributed by atoms with Crippen LogP contribution in [0.4, 0.5) is 5.69 Å². The standard InChI is InChI=1S/C12H22N2OSi/c1-12(2,3)16(4,5)15-9-11-8-10(13)6-7-14-11/h6-8H,9H2,1-5H3,(H2,13,14). The Bertz CT molecular complexity index is 358. The van der Waals surface area contributed by atoms with E-state index in [0.29, 0.717) is 6.61 Å². The molecule has 0 saturated heterocycles. The van der Waals surface area contributed by atoms with Crippen LogP contribution in [0.1, 0.15) is 26.5 Å². The Morgan fingerprint density at radius 2 is 2.00 bits per heavy atom. The van der Waals surface area contributed by atoms with Crippen LogP contribution in [-0.2, 0) is 11.0 Å². The lowest BCUT2D eigenvalue weighted by Crippen LogP contribution is -2.40. The smallest absolute Gasteiger partial charge is 0.192 e. The second-order valence-electron chi connectivity index (χ2n) is 5.63. The highest BCUT2D eigenvalue weighted by molar-refractivity contribution is 6.74. The second-order valence-corrected chi connectivity index (χ2v) is 10.4. The second kappa shape index (κ2) is 4.55. The van der Waals surface area contributed by atoms with Crippen molar-refractivity contribution in [1.29, 1.82) is 0 Å². The molecule has 0 atom stereocenters. The molecular formula is C12H22N2OSi. The quantitative estimate of drug-likeness (QED) is 0.823. The predicted octanol–water partition coefficient (Wildman–Crippen LogP) is 3.19. The largest absolute Gasteiger partial charge is 0.411 e. The van der Waals surface area contributed by atoms with Crippen LogP contribution in [-0.4, -0.2) is 13.3 Å². The molecule has 16 heavy (non-hydrogen) atoms. The molecule has 0 aliphatic carbocycles. The summed E-state index contributed by atoms with van der Waals surface area (Å²) in [4.78, 5) is 4.24. The molecule has 1 rings (SSSR count). The molecule has 0 aromatic carbocycles. The van der Waals surface area contributed by atoms with Crippen LogP contribution >= 0.6 is 0 Å². The number of rotatable bonds is 3. The Labute approximate surface area is 99.2 Å². The van der Waals surface area contributed by atoms with Gasteiger partial charge in [-0.05, 0) is 30.3 Å². The third kappa shape index (κ3) is 3.32. The van der Waals surface area contributed by atoms with Crippen LogP contribution < -0.4 is 5.73 Å². The lowest BCUT2D eigenvalue weighted by molar-refractivity contribution is 0.272. The van der Waals surface area contributed by atoms with Gasteiger partial charge in [0.25, 0.3) is 0 Å². The monoisotopic (exact) mass is 238 g/mol. The first-order valence-corrected chi connectivity index (χ1v) is 8.47.